The van der Waals surface area contributed by atoms with Gasteiger partial charge in [0, 0.05) is 25.0 Å². The van der Waals surface area contributed by atoms with Gasteiger partial charge in [0.25, 0.3) is 0 Å². The summed E-state index contributed by atoms with van der Waals surface area (Å²) in [5, 5.41) is 5.34. The Morgan fingerprint density at radius 3 is 2.27 bits per heavy atom. The molecule has 0 aliphatic carbocycles. The van der Waals surface area contributed by atoms with E-state index in [0.29, 0.717) is 35.3 Å². The minimum Gasteiger partial charge on any atom is -0.480 e. The fraction of sp³-hybridized carbons (Fsp3) is 0.217. The second-order valence-electron chi connectivity index (χ2n) is 7.56. The van der Waals surface area contributed by atoms with Crippen molar-refractivity contribution in [1.82, 2.24) is 39.3 Å². The van der Waals surface area contributed by atoms with Gasteiger partial charge in [0.15, 0.2) is 11.5 Å². The average Bonchev–Trinajstić information content (AvgIpc) is 3.40. The molecule has 4 heterocycles. The van der Waals surface area contributed by atoms with Crippen LogP contribution in [0.15, 0.2) is 49.2 Å². The zero-order valence-corrected chi connectivity index (χ0v) is 18.7. The topological polar surface area (TPSA) is 106 Å². The summed E-state index contributed by atoms with van der Waals surface area (Å²) < 4.78 is 14.6. The van der Waals surface area contributed by atoms with Crippen molar-refractivity contribution < 1.29 is 9.47 Å². The molecule has 0 fully saturated rings. The molecule has 5 aromatic rings. The molecule has 0 bridgehead atoms. The van der Waals surface area contributed by atoms with Gasteiger partial charge in [0.2, 0.25) is 11.8 Å². The van der Waals surface area contributed by atoms with Crippen LogP contribution in [0.5, 0.6) is 11.8 Å². The van der Waals surface area contributed by atoms with Gasteiger partial charge < -0.3 is 14.0 Å². The van der Waals surface area contributed by atoms with E-state index < -0.39 is 0 Å². The number of fused-ring (bicyclic) bond motifs is 1. The third kappa shape index (κ3) is 3.75. The molecule has 0 unspecified atom stereocenters. The van der Waals surface area contributed by atoms with Gasteiger partial charge in [-0.3, -0.25) is 0 Å². The molecule has 5 rings (SSSR count). The lowest BCUT2D eigenvalue weighted by Gasteiger charge is -2.10. The zero-order chi connectivity index (χ0) is 22.9. The molecule has 0 saturated carbocycles. The van der Waals surface area contributed by atoms with Crippen LogP contribution in [-0.2, 0) is 13.6 Å². The first-order chi connectivity index (χ1) is 16.1. The van der Waals surface area contributed by atoms with Gasteiger partial charge in [-0.25, -0.2) is 29.6 Å². The van der Waals surface area contributed by atoms with E-state index in [1.165, 1.54) is 20.5 Å². The maximum Gasteiger partial charge on any atom is 0.231 e. The minimum absolute atomic E-state index is 0.340. The Labute approximate surface area is 189 Å². The van der Waals surface area contributed by atoms with Crippen LogP contribution >= 0.6 is 0 Å². The summed E-state index contributed by atoms with van der Waals surface area (Å²) in [4.78, 5) is 22.1. The van der Waals surface area contributed by atoms with Crippen molar-refractivity contribution in [3.05, 3.63) is 60.4 Å². The van der Waals surface area contributed by atoms with Crippen LogP contribution in [0.25, 0.3) is 33.8 Å². The first-order valence-electron chi connectivity index (χ1n) is 10.3. The van der Waals surface area contributed by atoms with E-state index in [1.807, 2.05) is 29.4 Å². The van der Waals surface area contributed by atoms with Crippen molar-refractivity contribution in [2.24, 2.45) is 7.05 Å². The van der Waals surface area contributed by atoms with Crippen molar-refractivity contribution >= 4 is 11.0 Å². The van der Waals surface area contributed by atoms with Crippen molar-refractivity contribution in [3.8, 4) is 34.5 Å². The SMILES string of the molecule is COc1ncnc(OC)c1-c1ncc2cnn(Cc3ccc(-c4nc(C)cn4C)cc3)c2n1. The second-order valence-corrected chi connectivity index (χ2v) is 7.56. The number of rotatable bonds is 6. The second kappa shape index (κ2) is 8.30. The lowest BCUT2D eigenvalue weighted by molar-refractivity contribution is 0.374. The van der Waals surface area contributed by atoms with E-state index in [9.17, 15) is 0 Å². The Balaban J connectivity index is 1.49. The molecule has 0 radical (unpaired) electrons. The Morgan fingerprint density at radius 1 is 0.909 bits per heavy atom. The van der Waals surface area contributed by atoms with Gasteiger partial charge in [-0.05, 0) is 12.5 Å². The predicted molar refractivity (Wildman–Crippen MR) is 122 cm³/mol. The summed E-state index contributed by atoms with van der Waals surface area (Å²) in [7, 11) is 5.06. The highest BCUT2D eigenvalue weighted by Crippen LogP contribution is 2.33. The summed E-state index contributed by atoms with van der Waals surface area (Å²) in [5.74, 6) is 2.02. The van der Waals surface area contributed by atoms with Gasteiger partial charge in [0.05, 0.1) is 38.0 Å². The fourth-order valence-electron chi connectivity index (χ4n) is 3.77. The number of aryl methyl sites for hydroxylation is 2. The summed E-state index contributed by atoms with van der Waals surface area (Å²) in [6.45, 7) is 2.54. The molecule has 0 spiro atoms. The van der Waals surface area contributed by atoms with E-state index >= 15 is 0 Å². The van der Waals surface area contributed by atoms with Crippen LogP contribution in [-0.4, -0.2) is 53.5 Å². The van der Waals surface area contributed by atoms with Gasteiger partial charge >= 0.3 is 0 Å². The van der Waals surface area contributed by atoms with Crippen LogP contribution < -0.4 is 9.47 Å². The van der Waals surface area contributed by atoms with E-state index in [1.54, 1.807) is 12.4 Å². The smallest absolute Gasteiger partial charge is 0.231 e. The molecule has 166 valence electrons. The molecule has 0 aliphatic heterocycles. The molecule has 10 heteroatoms. The number of hydrogen-bond donors (Lipinski definition) is 0. The van der Waals surface area contributed by atoms with Crippen molar-refractivity contribution in [1.29, 1.82) is 0 Å². The minimum atomic E-state index is 0.340. The monoisotopic (exact) mass is 442 g/mol. The Hall–Kier alpha value is -4.34. The number of methoxy groups -OCH3 is 2. The Morgan fingerprint density at radius 2 is 1.64 bits per heavy atom. The molecular weight excluding hydrogens is 420 g/mol. The summed E-state index contributed by atoms with van der Waals surface area (Å²) in [6.07, 6.45) is 6.86. The molecular formula is C23H22N8O2. The van der Waals surface area contributed by atoms with Crippen molar-refractivity contribution in [3.63, 3.8) is 0 Å². The fourth-order valence-corrected chi connectivity index (χ4v) is 3.77. The Kier molecular flexibility index (Phi) is 5.17. The quantitative estimate of drug-likeness (QED) is 0.395. The van der Waals surface area contributed by atoms with Gasteiger partial charge in [-0.15, -0.1) is 0 Å². The van der Waals surface area contributed by atoms with Crippen LogP contribution in [0.2, 0.25) is 0 Å². The number of imidazole rings is 1. The molecule has 0 saturated heterocycles. The highest BCUT2D eigenvalue weighted by molar-refractivity contribution is 5.78. The number of hydrogen-bond acceptors (Lipinski definition) is 8. The summed E-state index contributed by atoms with van der Waals surface area (Å²) in [5.41, 5.74) is 4.33. The highest BCUT2D eigenvalue weighted by Gasteiger charge is 2.19. The largest absolute Gasteiger partial charge is 0.480 e. The van der Waals surface area contributed by atoms with Crippen LogP contribution in [0.1, 0.15) is 11.3 Å². The maximum absolute atomic E-state index is 5.38. The molecule has 0 N–H and O–H groups in total. The van der Waals surface area contributed by atoms with Crippen LogP contribution in [0.3, 0.4) is 0 Å². The highest BCUT2D eigenvalue weighted by atomic mass is 16.5. The standard InChI is InChI=1S/C23H22N8O2/c1-14-11-30(2)20(28-14)16-7-5-15(6-8-16)12-31-21-17(10-27-31)9-24-19(29-21)18-22(32-3)25-13-26-23(18)33-4/h5-11,13H,12H2,1-4H3. The zero-order valence-electron chi connectivity index (χ0n) is 18.7. The lowest BCUT2D eigenvalue weighted by atomic mass is 10.1. The molecule has 4 aromatic heterocycles. The molecule has 0 amide bonds. The number of aromatic nitrogens is 8. The first kappa shape index (κ1) is 20.6. The molecule has 33 heavy (non-hydrogen) atoms. The van der Waals surface area contributed by atoms with Crippen molar-refractivity contribution in [2.45, 2.75) is 13.5 Å². The molecule has 10 nitrogen and oxygen atoms in total. The van der Waals surface area contributed by atoms with E-state index in [-0.39, 0.29) is 0 Å². The lowest BCUT2D eigenvalue weighted by Crippen LogP contribution is -2.05. The van der Waals surface area contributed by atoms with E-state index in [2.05, 4.69) is 49.3 Å². The Bertz CT molecular complexity index is 1420. The molecule has 1 aromatic carbocycles. The van der Waals surface area contributed by atoms with Gasteiger partial charge in [-0.2, -0.15) is 5.10 Å². The van der Waals surface area contributed by atoms with E-state index in [4.69, 9.17) is 14.5 Å². The number of ether oxygens (including phenoxy) is 2. The van der Waals surface area contributed by atoms with Gasteiger partial charge in [0.1, 0.15) is 17.7 Å². The predicted octanol–water partition coefficient (Wildman–Crippen LogP) is 3.06. The molecule has 0 aliphatic rings. The normalized spacial score (nSPS) is 11.2. The van der Waals surface area contributed by atoms with Crippen LogP contribution in [0.4, 0.5) is 0 Å². The van der Waals surface area contributed by atoms with E-state index in [0.717, 1.165) is 28.0 Å². The molecule has 0 atom stereocenters. The number of benzene rings is 1. The van der Waals surface area contributed by atoms with Crippen LogP contribution in [0, 0.1) is 6.92 Å². The van der Waals surface area contributed by atoms with Crippen molar-refractivity contribution in [2.75, 3.05) is 14.2 Å². The third-order valence-corrected chi connectivity index (χ3v) is 5.31. The first-order valence-corrected chi connectivity index (χ1v) is 10.3. The summed E-state index contributed by atoms with van der Waals surface area (Å²) >= 11 is 0. The summed E-state index contributed by atoms with van der Waals surface area (Å²) in [6, 6.07) is 8.29. The van der Waals surface area contributed by atoms with Gasteiger partial charge in [-0.1, -0.05) is 24.3 Å². The maximum atomic E-state index is 5.38. The number of nitrogens with zero attached hydrogens (tertiary/aromatic N) is 8. The third-order valence-electron chi connectivity index (χ3n) is 5.31. The average molecular weight is 442 g/mol.